The number of primary amides is 1. The van der Waals surface area contributed by atoms with E-state index in [2.05, 4.69) is 10.6 Å². The fraction of sp³-hybridized carbons (Fsp3) is 0.417. The van der Waals surface area contributed by atoms with Crippen LogP contribution in [-0.2, 0) is 4.74 Å². The molecule has 1 aromatic rings. The smallest absolute Gasteiger partial charge is 0.253 e. The number of anilines is 1. The number of carbonyl (C=O) groups excluding carboxylic acids is 1. The first-order valence-corrected chi connectivity index (χ1v) is 5.72. The normalized spacial score (nSPS) is 23.0. The number of methoxy groups -OCH3 is 1. The van der Waals surface area contributed by atoms with Crippen molar-refractivity contribution in [3.8, 4) is 0 Å². The Morgan fingerprint density at radius 2 is 2.33 bits per heavy atom. The second-order valence-electron chi connectivity index (χ2n) is 4.21. The van der Waals surface area contributed by atoms with Crippen molar-refractivity contribution in [2.75, 3.05) is 25.5 Å². The molecule has 1 heterocycles. The van der Waals surface area contributed by atoms with Crippen LogP contribution in [-0.4, -0.2) is 38.3 Å². The van der Waals surface area contributed by atoms with Gasteiger partial charge < -0.3 is 21.1 Å². The summed E-state index contributed by atoms with van der Waals surface area (Å²) in [5.41, 5.74) is 5.48. The van der Waals surface area contributed by atoms with Crippen molar-refractivity contribution < 1.29 is 13.9 Å². The van der Waals surface area contributed by atoms with Crippen molar-refractivity contribution in [3.05, 3.63) is 29.6 Å². The van der Waals surface area contributed by atoms with Crippen LogP contribution in [0.2, 0.25) is 0 Å². The lowest BCUT2D eigenvalue weighted by Crippen LogP contribution is -2.34. The summed E-state index contributed by atoms with van der Waals surface area (Å²) >= 11 is 0. The Labute approximate surface area is 104 Å². The molecule has 2 atom stereocenters. The van der Waals surface area contributed by atoms with E-state index in [-0.39, 0.29) is 17.7 Å². The van der Waals surface area contributed by atoms with E-state index in [9.17, 15) is 9.18 Å². The first kappa shape index (κ1) is 12.8. The number of nitrogens with two attached hydrogens (primary N) is 1. The van der Waals surface area contributed by atoms with Gasteiger partial charge in [-0.2, -0.15) is 0 Å². The number of amides is 1. The van der Waals surface area contributed by atoms with Gasteiger partial charge in [0.15, 0.2) is 0 Å². The van der Waals surface area contributed by atoms with Gasteiger partial charge in [-0.15, -0.1) is 0 Å². The van der Waals surface area contributed by atoms with Crippen LogP contribution < -0.4 is 16.4 Å². The molecular formula is C12H16FN3O2. The molecule has 0 aromatic heterocycles. The van der Waals surface area contributed by atoms with Crippen LogP contribution in [0.3, 0.4) is 0 Å². The highest BCUT2D eigenvalue weighted by atomic mass is 19.1. The van der Waals surface area contributed by atoms with Crippen LogP contribution in [0, 0.1) is 5.82 Å². The van der Waals surface area contributed by atoms with Gasteiger partial charge in [0.1, 0.15) is 5.82 Å². The number of hydrogen-bond donors (Lipinski definition) is 3. The highest BCUT2D eigenvalue weighted by Crippen LogP contribution is 2.21. The number of benzene rings is 1. The molecular weight excluding hydrogens is 237 g/mol. The van der Waals surface area contributed by atoms with E-state index in [1.54, 1.807) is 13.2 Å². The van der Waals surface area contributed by atoms with E-state index in [1.165, 1.54) is 12.1 Å². The maximum atomic E-state index is 13.6. The fourth-order valence-corrected chi connectivity index (χ4v) is 2.14. The second-order valence-corrected chi connectivity index (χ2v) is 4.21. The highest BCUT2D eigenvalue weighted by Gasteiger charge is 2.28. The monoisotopic (exact) mass is 253 g/mol. The Balaban J connectivity index is 2.23. The fourth-order valence-electron chi connectivity index (χ4n) is 2.14. The van der Waals surface area contributed by atoms with Gasteiger partial charge in [0.05, 0.1) is 23.4 Å². The zero-order valence-corrected chi connectivity index (χ0v) is 10.1. The largest absolute Gasteiger partial charge is 0.378 e. The molecule has 1 unspecified atom stereocenters. The van der Waals surface area contributed by atoms with Crippen LogP contribution in [0.4, 0.5) is 10.1 Å². The van der Waals surface area contributed by atoms with Gasteiger partial charge in [0.2, 0.25) is 0 Å². The van der Waals surface area contributed by atoms with Crippen molar-refractivity contribution in [2.45, 2.75) is 12.1 Å². The van der Waals surface area contributed by atoms with Gasteiger partial charge in [-0.3, -0.25) is 4.79 Å². The molecule has 0 bridgehead atoms. The SMILES string of the molecule is CO[C@H]1CNCC1Nc1cccc(F)c1C(N)=O. The molecule has 1 aromatic carbocycles. The Hall–Kier alpha value is -1.66. The predicted octanol–water partition coefficient (Wildman–Crippen LogP) is 0.323. The van der Waals surface area contributed by atoms with E-state index in [4.69, 9.17) is 10.5 Å². The summed E-state index contributed by atoms with van der Waals surface area (Å²) in [5, 5.41) is 6.26. The number of carbonyl (C=O) groups is 1. The lowest BCUT2D eigenvalue weighted by molar-refractivity contribution is 0.0995. The molecule has 2 rings (SSSR count). The molecule has 98 valence electrons. The molecule has 0 spiro atoms. The Bertz CT molecular complexity index is 453. The number of rotatable bonds is 4. The van der Waals surface area contributed by atoms with Gasteiger partial charge in [0, 0.05) is 20.2 Å². The van der Waals surface area contributed by atoms with Crippen molar-refractivity contribution in [3.63, 3.8) is 0 Å². The maximum Gasteiger partial charge on any atom is 0.253 e. The third-order valence-corrected chi connectivity index (χ3v) is 3.06. The third-order valence-electron chi connectivity index (χ3n) is 3.06. The summed E-state index contributed by atoms with van der Waals surface area (Å²) in [4.78, 5) is 11.3. The summed E-state index contributed by atoms with van der Waals surface area (Å²) in [6.45, 7) is 1.41. The third kappa shape index (κ3) is 2.44. The van der Waals surface area contributed by atoms with Crippen molar-refractivity contribution in [1.29, 1.82) is 0 Å². The Morgan fingerprint density at radius 1 is 1.56 bits per heavy atom. The zero-order valence-electron chi connectivity index (χ0n) is 10.1. The molecule has 6 heteroatoms. The van der Waals surface area contributed by atoms with Gasteiger partial charge in [-0.05, 0) is 12.1 Å². The minimum absolute atomic E-state index is 0.0186. The molecule has 5 nitrogen and oxygen atoms in total. The molecule has 1 aliphatic heterocycles. The summed E-state index contributed by atoms with van der Waals surface area (Å²) in [5.74, 6) is -1.40. The molecule has 4 N–H and O–H groups in total. The average molecular weight is 253 g/mol. The number of nitrogens with one attached hydrogen (secondary N) is 2. The molecule has 0 radical (unpaired) electrons. The van der Waals surface area contributed by atoms with E-state index in [0.717, 1.165) is 6.54 Å². The van der Waals surface area contributed by atoms with Gasteiger partial charge in [0.25, 0.3) is 5.91 Å². The number of ether oxygens (including phenoxy) is 1. The minimum atomic E-state index is -0.782. The van der Waals surface area contributed by atoms with Crippen LogP contribution in [0.15, 0.2) is 18.2 Å². The number of hydrogen-bond acceptors (Lipinski definition) is 4. The van der Waals surface area contributed by atoms with Crippen LogP contribution in [0.25, 0.3) is 0 Å². The molecule has 1 saturated heterocycles. The summed E-state index contributed by atoms with van der Waals surface area (Å²) in [6.07, 6.45) is -0.0195. The Kier molecular flexibility index (Phi) is 3.78. The predicted molar refractivity (Wildman–Crippen MR) is 66.0 cm³/mol. The van der Waals surface area contributed by atoms with Gasteiger partial charge >= 0.3 is 0 Å². The topological polar surface area (TPSA) is 76.4 Å². The summed E-state index contributed by atoms with van der Waals surface area (Å²) in [7, 11) is 1.62. The van der Waals surface area contributed by atoms with Crippen LogP contribution in [0.1, 0.15) is 10.4 Å². The molecule has 1 aliphatic rings. The minimum Gasteiger partial charge on any atom is -0.378 e. The second kappa shape index (κ2) is 5.32. The molecule has 0 aliphatic carbocycles. The summed E-state index contributed by atoms with van der Waals surface area (Å²) < 4.78 is 18.9. The first-order valence-electron chi connectivity index (χ1n) is 5.72. The average Bonchev–Trinajstić information content (AvgIpc) is 2.76. The van der Waals surface area contributed by atoms with E-state index >= 15 is 0 Å². The first-order chi connectivity index (χ1) is 8.63. The van der Waals surface area contributed by atoms with Gasteiger partial charge in [-0.25, -0.2) is 4.39 Å². The number of halogens is 1. The summed E-state index contributed by atoms with van der Waals surface area (Å²) in [6, 6.07) is 4.36. The van der Waals surface area contributed by atoms with Crippen LogP contribution >= 0.6 is 0 Å². The molecule has 18 heavy (non-hydrogen) atoms. The van der Waals surface area contributed by atoms with Crippen molar-refractivity contribution >= 4 is 11.6 Å². The highest BCUT2D eigenvalue weighted by molar-refractivity contribution is 5.98. The van der Waals surface area contributed by atoms with E-state index in [0.29, 0.717) is 12.2 Å². The van der Waals surface area contributed by atoms with Crippen LogP contribution in [0.5, 0.6) is 0 Å². The van der Waals surface area contributed by atoms with E-state index in [1.807, 2.05) is 0 Å². The lowest BCUT2D eigenvalue weighted by Gasteiger charge is -2.21. The van der Waals surface area contributed by atoms with E-state index < -0.39 is 11.7 Å². The molecule has 0 saturated carbocycles. The molecule has 1 fully saturated rings. The zero-order chi connectivity index (χ0) is 13.1. The Morgan fingerprint density at radius 3 is 3.00 bits per heavy atom. The van der Waals surface area contributed by atoms with Gasteiger partial charge in [-0.1, -0.05) is 6.07 Å². The lowest BCUT2D eigenvalue weighted by atomic mass is 10.1. The standard InChI is InChI=1S/C12H16FN3O2/c1-18-10-6-15-5-9(10)16-8-4-2-3-7(13)11(8)12(14)17/h2-4,9-10,15-16H,5-6H2,1H3,(H2,14,17)/t9?,10-/m0/s1. The molecule has 1 amide bonds. The van der Waals surface area contributed by atoms with Crippen molar-refractivity contribution in [1.82, 2.24) is 5.32 Å². The van der Waals surface area contributed by atoms with Crippen molar-refractivity contribution in [2.24, 2.45) is 5.73 Å². The maximum absolute atomic E-state index is 13.6. The quantitative estimate of drug-likeness (QED) is 0.722.